The van der Waals surface area contributed by atoms with Gasteiger partial charge in [0.1, 0.15) is 0 Å². The van der Waals surface area contributed by atoms with Crippen LogP contribution >= 0.6 is 0 Å². The van der Waals surface area contributed by atoms with Crippen molar-refractivity contribution < 1.29 is 0 Å². The van der Waals surface area contributed by atoms with Gasteiger partial charge in [-0.05, 0) is 132 Å². The lowest BCUT2D eigenvalue weighted by Gasteiger charge is -2.28. The van der Waals surface area contributed by atoms with Gasteiger partial charge in [-0.25, -0.2) is 0 Å². The Morgan fingerprint density at radius 2 is 0.585 bits per heavy atom. The van der Waals surface area contributed by atoms with Crippen LogP contribution in [0, 0.1) is 0 Å². The summed E-state index contributed by atoms with van der Waals surface area (Å²) in [6.45, 7) is 0. The molecular formula is C64H45N. The third kappa shape index (κ3) is 8.04. The molecule has 0 atom stereocenters. The zero-order valence-electron chi connectivity index (χ0n) is 35.9. The summed E-state index contributed by atoms with van der Waals surface area (Å²) >= 11 is 0. The van der Waals surface area contributed by atoms with Crippen LogP contribution in [0.4, 0.5) is 17.1 Å². The first-order valence-electron chi connectivity index (χ1n) is 22.3. The van der Waals surface area contributed by atoms with Crippen LogP contribution in [-0.4, -0.2) is 0 Å². The lowest BCUT2D eigenvalue weighted by Crippen LogP contribution is -2.11. The Hall–Kier alpha value is -8.52. The first-order chi connectivity index (χ1) is 32.2. The highest BCUT2D eigenvalue weighted by atomic mass is 15.1. The molecule has 0 aromatic heterocycles. The summed E-state index contributed by atoms with van der Waals surface area (Å²) in [5.74, 6) is 0. The normalized spacial score (nSPS) is 11.1. The van der Waals surface area contributed by atoms with Crippen LogP contribution in [0.15, 0.2) is 273 Å². The van der Waals surface area contributed by atoms with Crippen molar-refractivity contribution in [1.29, 1.82) is 0 Å². The van der Waals surface area contributed by atoms with E-state index >= 15 is 0 Å². The van der Waals surface area contributed by atoms with Gasteiger partial charge in [-0.2, -0.15) is 0 Å². The SMILES string of the molecule is c1ccc(-c2ccc(-c3ccccc3N(c3ccc(-c4cc(-c5ccccc5)cc(-c5ccccc5)c4)cc3)c3ccc(-c4ccc5ccccc5c4-c4ccccc4)cc3)cc2)cc1. The maximum Gasteiger partial charge on any atom is 0.0540 e. The van der Waals surface area contributed by atoms with Crippen molar-refractivity contribution in [3.05, 3.63) is 273 Å². The first kappa shape index (κ1) is 39.3. The van der Waals surface area contributed by atoms with E-state index in [4.69, 9.17) is 0 Å². The van der Waals surface area contributed by atoms with Gasteiger partial charge in [-0.15, -0.1) is 0 Å². The van der Waals surface area contributed by atoms with Crippen molar-refractivity contribution in [3.63, 3.8) is 0 Å². The maximum atomic E-state index is 2.41. The Morgan fingerprint density at radius 1 is 0.215 bits per heavy atom. The smallest absolute Gasteiger partial charge is 0.0540 e. The summed E-state index contributed by atoms with van der Waals surface area (Å²) in [6, 6.07) is 98.8. The second kappa shape index (κ2) is 17.7. The van der Waals surface area contributed by atoms with Crippen LogP contribution in [0.2, 0.25) is 0 Å². The quantitative estimate of drug-likeness (QED) is 0.133. The average molecular weight is 828 g/mol. The summed E-state index contributed by atoms with van der Waals surface area (Å²) in [5, 5.41) is 2.48. The summed E-state index contributed by atoms with van der Waals surface area (Å²) in [7, 11) is 0. The molecule has 0 saturated carbocycles. The molecule has 0 heterocycles. The van der Waals surface area contributed by atoms with Crippen LogP contribution in [0.25, 0.3) is 88.7 Å². The first-order valence-corrected chi connectivity index (χ1v) is 22.3. The van der Waals surface area contributed by atoms with Gasteiger partial charge in [-0.1, -0.05) is 224 Å². The van der Waals surface area contributed by atoms with Gasteiger partial charge in [0, 0.05) is 16.9 Å². The van der Waals surface area contributed by atoms with Gasteiger partial charge >= 0.3 is 0 Å². The molecule has 0 unspecified atom stereocenters. The minimum Gasteiger partial charge on any atom is -0.310 e. The van der Waals surface area contributed by atoms with Gasteiger partial charge < -0.3 is 4.90 Å². The second-order valence-electron chi connectivity index (χ2n) is 16.5. The van der Waals surface area contributed by atoms with E-state index in [-0.39, 0.29) is 0 Å². The van der Waals surface area contributed by atoms with Crippen molar-refractivity contribution in [2.75, 3.05) is 4.90 Å². The Labute approximate surface area is 381 Å². The van der Waals surface area contributed by atoms with Crippen molar-refractivity contribution in [3.8, 4) is 77.9 Å². The van der Waals surface area contributed by atoms with Crippen LogP contribution in [0.1, 0.15) is 0 Å². The molecule has 0 amide bonds. The molecule has 0 N–H and O–H groups in total. The fourth-order valence-electron chi connectivity index (χ4n) is 9.22. The highest BCUT2D eigenvalue weighted by molar-refractivity contribution is 6.04. The molecule has 11 aromatic carbocycles. The minimum atomic E-state index is 1.08. The molecule has 306 valence electrons. The van der Waals surface area contributed by atoms with Crippen LogP contribution < -0.4 is 4.90 Å². The molecule has 0 aliphatic rings. The van der Waals surface area contributed by atoms with Gasteiger partial charge in [-0.3, -0.25) is 0 Å². The molecule has 65 heavy (non-hydrogen) atoms. The maximum absolute atomic E-state index is 2.41. The highest BCUT2D eigenvalue weighted by Crippen LogP contribution is 2.44. The van der Waals surface area contributed by atoms with Crippen LogP contribution in [0.3, 0.4) is 0 Å². The van der Waals surface area contributed by atoms with E-state index in [1.807, 2.05) is 0 Å². The highest BCUT2D eigenvalue weighted by Gasteiger charge is 2.19. The number of benzene rings is 11. The van der Waals surface area contributed by atoms with E-state index in [0.29, 0.717) is 0 Å². The minimum absolute atomic E-state index is 1.08. The summed E-state index contributed by atoms with van der Waals surface area (Å²) in [4.78, 5) is 2.41. The number of rotatable bonds is 10. The Bertz CT molecular complexity index is 3300. The van der Waals surface area contributed by atoms with Gasteiger partial charge in [0.2, 0.25) is 0 Å². The number of anilines is 3. The van der Waals surface area contributed by atoms with Crippen molar-refractivity contribution >= 4 is 27.8 Å². The van der Waals surface area contributed by atoms with E-state index in [1.54, 1.807) is 0 Å². The molecule has 11 aromatic rings. The molecule has 1 nitrogen and oxygen atoms in total. The van der Waals surface area contributed by atoms with Crippen molar-refractivity contribution in [2.24, 2.45) is 0 Å². The number of para-hydroxylation sites is 1. The third-order valence-corrected chi connectivity index (χ3v) is 12.5. The predicted octanol–water partition coefficient (Wildman–Crippen LogP) is 18.0. The van der Waals surface area contributed by atoms with E-state index in [2.05, 4.69) is 278 Å². The Morgan fingerprint density at radius 3 is 1.14 bits per heavy atom. The molecule has 0 radical (unpaired) electrons. The van der Waals surface area contributed by atoms with Gasteiger partial charge in [0.05, 0.1) is 5.69 Å². The molecule has 0 bridgehead atoms. The standard InChI is InChI=1S/C64H45N/c1-5-17-46(18-6-1)49-29-31-52(32-30-49)60-26-15-16-28-63(60)65(59-40-35-53(36-41-59)62-42-37-51-23-13-14-27-61(51)64(62)54-24-11-4-12-25-54)58-38-33-50(34-39-58)57-44-55(47-19-7-2-8-20-47)43-56(45-57)48-21-9-3-10-22-48/h1-45H. The van der Waals surface area contributed by atoms with E-state index in [1.165, 1.54) is 72.0 Å². The lowest BCUT2D eigenvalue weighted by atomic mass is 9.89. The molecule has 0 fully saturated rings. The zero-order valence-corrected chi connectivity index (χ0v) is 35.9. The monoisotopic (exact) mass is 827 g/mol. The van der Waals surface area contributed by atoms with E-state index in [9.17, 15) is 0 Å². The molecule has 0 saturated heterocycles. The molecular weight excluding hydrogens is 783 g/mol. The van der Waals surface area contributed by atoms with Crippen LogP contribution in [0.5, 0.6) is 0 Å². The Balaban J connectivity index is 1.03. The number of hydrogen-bond donors (Lipinski definition) is 0. The topological polar surface area (TPSA) is 3.24 Å². The predicted molar refractivity (Wildman–Crippen MR) is 277 cm³/mol. The summed E-state index contributed by atoms with van der Waals surface area (Å²) < 4.78 is 0. The van der Waals surface area contributed by atoms with Crippen molar-refractivity contribution in [2.45, 2.75) is 0 Å². The second-order valence-corrected chi connectivity index (χ2v) is 16.5. The molecule has 11 rings (SSSR count). The molecule has 0 aliphatic carbocycles. The van der Waals surface area contributed by atoms with Gasteiger partial charge in [0.15, 0.2) is 0 Å². The van der Waals surface area contributed by atoms with Crippen molar-refractivity contribution in [1.82, 2.24) is 0 Å². The fourth-order valence-corrected chi connectivity index (χ4v) is 9.22. The summed E-state index contributed by atoms with van der Waals surface area (Å²) in [6.07, 6.45) is 0. The fraction of sp³-hybridized carbons (Fsp3) is 0. The van der Waals surface area contributed by atoms with Gasteiger partial charge in [0.25, 0.3) is 0 Å². The van der Waals surface area contributed by atoms with E-state index in [0.717, 1.165) is 33.8 Å². The molecule has 1 heteroatoms. The third-order valence-electron chi connectivity index (χ3n) is 12.5. The largest absolute Gasteiger partial charge is 0.310 e. The number of fused-ring (bicyclic) bond motifs is 1. The Kier molecular flexibility index (Phi) is 10.7. The molecule has 0 spiro atoms. The van der Waals surface area contributed by atoms with E-state index < -0.39 is 0 Å². The zero-order chi connectivity index (χ0) is 43.4. The van der Waals surface area contributed by atoms with Crippen LogP contribution in [-0.2, 0) is 0 Å². The average Bonchev–Trinajstić information content (AvgIpc) is 3.40. The number of nitrogens with zero attached hydrogens (tertiary/aromatic N) is 1. The lowest BCUT2D eigenvalue weighted by molar-refractivity contribution is 1.28. The summed E-state index contributed by atoms with van der Waals surface area (Å²) in [5.41, 5.74) is 20.0. The number of hydrogen-bond acceptors (Lipinski definition) is 1. The molecule has 0 aliphatic heterocycles.